The summed E-state index contributed by atoms with van der Waals surface area (Å²) in [4.78, 5) is 4.22. The Balaban J connectivity index is 0.00000364. The molecule has 0 aliphatic rings. The first-order chi connectivity index (χ1) is 12.2. The topological polar surface area (TPSA) is 96.6 Å². The lowest BCUT2D eigenvalue weighted by Crippen LogP contribution is -2.38. The number of primary sulfonamides is 1. The van der Waals surface area contributed by atoms with Crippen molar-refractivity contribution in [2.45, 2.75) is 31.3 Å². The molecule has 4 N–H and O–H groups in total. The summed E-state index contributed by atoms with van der Waals surface area (Å²) in [5.74, 6) is 0.308. The fourth-order valence-electron chi connectivity index (χ4n) is 2.34. The van der Waals surface area contributed by atoms with E-state index >= 15 is 0 Å². The molecular weight excluding hydrogens is 482 g/mol. The first-order valence-corrected chi connectivity index (χ1v) is 9.60. The van der Waals surface area contributed by atoms with E-state index in [4.69, 9.17) is 5.14 Å². The fraction of sp³-hybridized carbons (Fsp3) is 0.278. The van der Waals surface area contributed by atoms with Crippen LogP contribution in [-0.2, 0) is 16.6 Å². The summed E-state index contributed by atoms with van der Waals surface area (Å²) < 4.78 is 36.2. The average Bonchev–Trinajstić information content (AvgIpc) is 2.60. The number of benzene rings is 2. The molecule has 0 bridgehead atoms. The molecule has 0 radical (unpaired) electrons. The molecule has 0 saturated carbocycles. The van der Waals surface area contributed by atoms with Gasteiger partial charge in [-0.15, -0.1) is 24.0 Å². The molecule has 27 heavy (non-hydrogen) atoms. The molecule has 9 heteroatoms. The molecule has 0 aromatic heterocycles. The molecule has 0 heterocycles. The normalized spacial score (nSPS) is 12.9. The van der Waals surface area contributed by atoms with Gasteiger partial charge in [-0.05, 0) is 48.7 Å². The Labute approximate surface area is 176 Å². The zero-order valence-electron chi connectivity index (χ0n) is 15.4. The second-order valence-electron chi connectivity index (χ2n) is 5.99. The van der Waals surface area contributed by atoms with Crippen LogP contribution in [-0.4, -0.2) is 21.4 Å². The largest absolute Gasteiger partial charge is 0.352 e. The van der Waals surface area contributed by atoms with Gasteiger partial charge in [-0.3, -0.25) is 4.99 Å². The van der Waals surface area contributed by atoms with Gasteiger partial charge in [0.25, 0.3) is 0 Å². The van der Waals surface area contributed by atoms with Crippen molar-refractivity contribution < 1.29 is 12.8 Å². The van der Waals surface area contributed by atoms with Gasteiger partial charge in [0, 0.05) is 13.6 Å². The minimum Gasteiger partial charge on any atom is -0.352 e. The standard InChI is InChI=1S/C18H23FN4O2S.HI/c1-12-4-7-15(10-17(12)19)13(2)23-18(21-3)22-11-14-5-8-16(9-6-14)26(20,24)25;/h4-10,13H,11H2,1-3H3,(H2,20,24,25)(H2,21,22,23);1H. The highest BCUT2D eigenvalue weighted by Gasteiger charge is 2.10. The van der Waals surface area contributed by atoms with Crippen molar-refractivity contribution in [2.24, 2.45) is 10.1 Å². The summed E-state index contributed by atoms with van der Waals surface area (Å²) in [6.45, 7) is 4.08. The van der Waals surface area contributed by atoms with Gasteiger partial charge in [0.1, 0.15) is 5.82 Å². The zero-order chi connectivity index (χ0) is 19.3. The van der Waals surface area contributed by atoms with Gasteiger partial charge in [0.05, 0.1) is 10.9 Å². The van der Waals surface area contributed by atoms with Crippen molar-refractivity contribution in [3.05, 3.63) is 65.0 Å². The van der Waals surface area contributed by atoms with Crippen molar-refractivity contribution >= 4 is 40.0 Å². The molecule has 6 nitrogen and oxygen atoms in total. The number of nitrogens with two attached hydrogens (primary N) is 1. The highest BCUT2D eigenvalue weighted by molar-refractivity contribution is 14.0. The van der Waals surface area contributed by atoms with E-state index in [0.717, 1.165) is 11.1 Å². The third kappa shape index (κ3) is 6.74. The summed E-state index contributed by atoms with van der Waals surface area (Å²) in [5, 5.41) is 11.4. The van der Waals surface area contributed by atoms with Crippen LogP contribution >= 0.6 is 24.0 Å². The van der Waals surface area contributed by atoms with Gasteiger partial charge in [-0.1, -0.05) is 24.3 Å². The first-order valence-electron chi connectivity index (χ1n) is 8.05. The van der Waals surface area contributed by atoms with Gasteiger partial charge >= 0.3 is 0 Å². The molecule has 0 fully saturated rings. The Kier molecular flexibility index (Phi) is 8.63. The van der Waals surface area contributed by atoms with Crippen LogP contribution in [0.4, 0.5) is 4.39 Å². The maximum Gasteiger partial charge on any atom is 0.238 e. The van der Waals surface area contributed by atoms with Gasteiger partial charge in [-0.25, -0.2) is 17.9 Å². The Bertz CT molecular complexity index is 902. The molecule has 2 rings (SSSR count). The lowest BCUT2D eigenvalue weighted by Gasteiger charge is -2.19. The van der Waals surface area contributed by atoms with Crippen LogP contribution in [0.2, 0.25) is 0 Å². The van der Waals surface area contributed by atoms with E-state index in [1.807, 2.05) is 13.0 Å². The number of halogens is 2. The SMILES string of the molecule is CN=C(NCc1ccc(S(N)(=O)=O)cc1)NC(C)c1ccc(C)c(F)c1.I. The Morgan fingerprint density at radius 1 is 1.22 bits per heavy atom. The first kappa shape index (κ1) is 23.3. The minimum absolute atomic E-state index is 0. The molecule has 0 aliphatic heterocycles. The third-order valence-electron chi connectivity index (χ3n) is 3.98. The third-order valence-corrected chi connectivity index (χ3v) is 4.91. The molecule has 0 saturated heterocycles. The van der Waals surface area contributed by atoms with Crippen molar-refractivity contribution in [3.8, 4) is 0 Å². The second-order valence-corrected chi connectivity index (χ2v) is 7.55. The fourth-order valence-corrected chi connectivity index (χ4v) is 2.86. The van der Waals surface area contributed by atoms with Gasteiger partial charge in [0.15, 0.2) is 5.96 Å². The molecular formula is C18H24FIN4O2S. The monoisotopic (exact) mass is 506 g/mol. The van der Waals surface area contributed by atoms with Crippen molar-refractivity contribution in [1.82, 2.24) is 10.6 Å². The van der Waals surface area contributed by atoms with Crippen LogP contribution < -0.4 is 15.8 Å². The Morgan fingerprint density at radius 3 is 2.37 bits per heavy atom. The van der Waals surface area contributed by atoms with Crippen molar-refractivity contribution in [3.63, 3.8) is 0 Å². The Hall–Kier alpha value is -1.72. The maximum absolute atomic E-state index is 13.7. The molecule has 2 aromatic rings. The molecule has 0 spiro atoms. The summed E-state index contributed by atoms with van der Waals surface area (Å²) in [5.41, 5.74) is 2.29. The number of nitrogens with zero attached hydrogens (tertiary/aromatic N) is 1. The predicted octanol–water partition coefficient (Wildman–Crippen LogP) is 2.83. The number of nitrogens with one attached hydrogen (secondary N) is 2. The lowest BCUT2D eigenvalue weighted by molar-refractivity contribution is 0.597. The van der Waals surface area contributed by atoms with Crippen LogP contribution in [0.15, 0.2) is 52.4 Å². The number of hydrogen-bond donors (Lipinski definition) is 3. The molecule has 0 amide bonds. The summed E-state index contributed by atoms with van der Waals surface area (Å²) in [6.07, 6.45) is 0. The second kappa shape index (κ2) is 10.00. The molecule has 1 unspecified atom stereocenters. The van der Waals surface area contributed by atoms with Gasteiger partial charge < -0.3 is 10.6 Å². The molecule has 0 aliphatic carbocycles. The smallest absolute Gasteiger partial charge is 0.238 e. The van der Waals surface area contributed by atoms with E-state index in [0.29, 0.717) is 18.1 Å². The number of guanidine groups is 1. The summed E-state index contributed by atoms with van der Waals surface area (Å²) >= 11 is 0. The van der Waals surface area contributed by atoms with E-state index < -0.39 is 10.0 Å². The van der Waals surface area contributed by atoms with Crippen LogP contribution in [0.25, 0.3) is 0 Å². The summed E-state index contributed by atoms with van der Waals surface area (Å²) in [6, 6.07) is 11.3. The zero-order valence-corrected chi connectivity index (χ0v) is 18.5. The maximum atomic E-state index is 13.7. The Morgan fingerprint density at radius 2 is 1.85 bits per heavy atom. The summed E-state index contributed by atoms with van der Waals surface area (Å²) in [7, 11) is -2.06. The molecule has 1 atom stereocenters. The van der Waals surface area contributed by atoms with Crippen LogP contribution in [0.1, 0.15) is 29.7 Å². The number of sulfonamides is 1. The van der Waals surface area contributed by atoms with Crippen molar-refractivity contribution in [1.29, 1.82) is 0 Å². The van der Waals surface area contributed by atoms with E-state index in [1.165, 1.54) is 18.2 Å². The highest BCUT2D eigenvalue weighted by atomic mass is 127. The predicted molar refractivity (Wildman–Crippen MR) is 116 cm³/mol. The lowest BCUT2D eigenvalue weighted by atomic mass is 10.1. The van der Waals surface area contributed by atoms with Crippen molar-refractivity contribution in [2.75, 3.05) is 7.05 Å². The quantitative estimate of drug-likeness (QED) is 0.330. The molecule has 2 aromatic carbocycles. The van der Waals surface area contributed by atoms with E-state index in [9.17, 15) is 12.8 Å². The van der Waals surface area contributed by atoms with Gasteiger partial charge in [0.2, 0.25) is 10.0 Å². The van der Waals surface area contributed by atoms with Crippen LogP contribution in [0.5, 0.6) is 0 Å². The highest BCUT2D eigenvalue weighted by Crippen LogP contribution is 2.16. The molecule has 148 valence electrons. The minimum atomic E-state index is -3.70. The van der Waals surface area contributed by atoms with E-state index in [2.05, 4.69) is 15.6 Å². The number of aliphatic imine (C=N–C) groups is 1. The van der Waals surface area contributed by atoms with Gasteiger partial charge in [-0.2, -0.15) is 0 Å². The number of rotatable bonds is 5. The number of aryl methyl sites for hydroxylation is 1. The van der Waals surface area contributed by atoms with E-state index in [1.54, 1.807) is 32.2 Å². The average molecular weight is 506 g/mol. The van der Waals surface area contributed by atoms with Crippen LogP contribution in [0.3, 0.4) is 0 Å². The van der Waals surface area contributed by atoms with Crippen LogP contribution in [0, 0.1) is 12.7 Å². The van der Waals surface area contributed by atoms with E-state index in [-0.39, 0.29) is 40.7 Å². The number of hydrogen-bond acceptors (Lipinski definition) is 3.